The van der Waals surface area contributed by atoms with E-state index >= 15 is 0 Å². The zero-order valence-corrected chi connectivity index (χ0v) is 11.4. The molecule has 0 aliphatic rings. The average Bonchev–Trinajstić information content (AvgIpc) is 2.40. The Labute approximate surface area is 114 Å². The number of nitrogens with one attached hydrogen (secondary N) is 1. The number of carbonyl (C=O) groups excluding carboxylic acids is 1. The summed E-state index contributed by atoms with van der Waals surface area (Å²) in [5, 5.41) is 2.71. The summed E-state index contributed by atoms with van der Waals surface area (Å²) in [6.45, 7) is 1.76. The first kappa shape index (κ1) is 12.7. The van der Waals surface area contributed by atoms with E-state index in [1.54, 1.807) is 19.3 Å². The second kappa shape index (κ2) is 5.73. The van der Waals surface area contributed by atoms with Crippen molar-refractivity contribution in [2.45, 2.75) is 11.8 Å². The zero-order chi connectivity index (χ0) is 13.0. The second-order valence-electron chi connectivity index (χ2n) is 3.77. The van der Waals surface area contributed by atoms with Gasteiger partial charge in [0.05, 0.1) is 22.9 Å². The molecule has 0 bridgehead atoms. The molecule has 1 aromatic heterocycles. The van der Waals surface area contributed by atoms with Crippen molar-refractivity contribution >= 4 is 27.5 Å². The van der Waals surface area contributed by atoms with E-state index in [4.69, 9.17) is 0 Å². The van der Waals surface area contributed by atoms with Crippen LogP contribution in [0.1, 0.15) is 6.92 Å². The predicted molar refractivity (Wildman–Crippen MR) is 74.5 cm³/mol. The van der Waals surface area contributed by atoms with Gasteiger partial charge in [-0.3, -0.25) is 4.79 Å². The largest absolute Gasteiger partial charge is 0.322 e. The fourth-order valence-corrected chi connectivity index (χ4v) is 1.49. The van der Waals surface area contributed by atoms with Crippen LogP contribution >= 0.6 is 15.9 Å². The molecule has 0 saturated heterocycles. The number of amides is 1. The van der Waals surface area contributed by atoms with Crippen molar-refractivity contribution in [2.75, 3.05) is 5.32 Å². The molecular formula is C13H12BrN3O. The third-order valence-electron chi connectivity index (χ3n) is 2.31. The Morgan fingerprint density at radius 1 is 1.22 bits per heavy atom. The van der Waals surface area contributed by atoms with Gasteiger partial charge in [-0.05, 0) is 6.92 Å². The van der Waals surface area contributed by atoms with Crippen molar-refractivity contribution in [3.8, 4) is 11.4 Å². The maximum absolute atomic E-state index is 11.5. The van der Waals surface area contributed by atoms with Crippen LogP contribution in [0.4, 0.5) is 5.69 Å². The number of anilines is 1. The number of hydrogen-bond donors (Lipinski definition) is 1. The lowest BCUT2D eigenvalue weighted by Crippen LogP contribution is -2.20. The summed E-state index contributed by atoms with van der Waals surface area (Å²) in [4.78, 5) is 19.6. The van der Waals surface area contributed by atoms with Crippen molar-refractivity contribution in [1.82, 2.24) is 9.97 Å². The van der Waals surface area contributed by atoms with Gasteiger partial charge in [0.15, 0.2) is 5.82 Å². The maximum Gasteiger partial charge on any atom is 0.237 e. The van der Waals surface area contributed by atoms with Crippen molar-refractivity contribution in [2.24, 2.45) is 0 Å². The molecule has 1 N–H and O–H groups in total. The molecule has 1 heterocycles. The highest BCUT2D eigenvalue weighted by Crippen LogP contribution is 2.15. The Bertz CT molecular complexity index is 526. The molecule has 1 amide bonds. The summed E-state index contributed by atoms with van der Waals surface area (Å²) < 4.78 is 0. The minimum absolute atomic E-state index is 0.119. The molecule has 0 radical (unpaired) electrons. The van der Waals surface area contributed by atoms with Crippen molar-refractivity contribution < 1.29 is 4.79 Å². The Balaban J connectivity index is 2.13. The SMILES string of the molecule is CC(Br)C(=O)Nc1cnc(-c2ccccc2)nc1. The van der Waals surface area contributed by atoms with E-state index in [2.05, 4.69) is 31.2 Å². The highest BCUT2D eigenvalue weighted by atomic mass is 79.9. The minimum atomic E-state index is -0.244. The molecule has 5 heteroatoms. The van der Waals surface area contributed by atoms with Gasteiger partial charge in [-0.2, -0.15) is 0 Å². The lowest BCUT2D eigenvalue weighted by Gasteiger charge is -2.06. The maximum atomic E-state index is 11.5. The quantitative estimate of drug-likeness (QED) is 0.887. The Morgan fingerprint density at radius 3 is 2.39 bits per heavy atom. The van der Waals surface area contributed by atoms with Crippen molar-refractivity contribution in [1.29, 1.82) is 0 Å². The number of aromatic nitrogens is 2. The van der Waals surface area contributed by atoms with Crippen LogP contribution < -0.4 is 5.32 Å². The fraction of sp³-hybridized carbons (Fsp3) is 0.154. The minimum Gasteiger partial charge on any atom is -0.322 e. The van der Waals surface area contributed by atoms with E-state index in [0.717, 1.165) is 5.56 Å². The average molecular weight is 306 g/mol. The van der Waals surface area contributed by atoms with Gasteiger partial charge in [-0.25, -0.2) is 9.97 Å². The van der Waals surface area contributed by atoms with E-state index < -0.39 is 0 Å². The number of hydrogen-bond acceptors (Lipinski definition) is 3. The second-order valence-corrected chi connectivity index (χ2v) is 5.14. The number of halogens is 1. The zero-order valence-electron chi connectivity index (χ0n) is 9.80. The van der Waals surface area contributed by atoms with Gasteiger partial charge in [0.2, 0.25) is 5.91 Å². The Hall–Kier alpha value is -1.75. The van der Waals surface area contributed by atoms with Crippen LogP contribution in [0.15, 0.2) is 42.7 Å². The first-order valence-electron chi connectivity index (χ1n) is 5.49. The summed E-state index contributed by atoms with van der Waals surface area (Å²) in [5.74, 6) is 0.520. The molecule has 2 rings (SSSR count). The number of carbonyl (C=O) groups is 1. The standard InChI is InChI=1S/C13H12BrN3O/c1-9(14)13(18)17-11-7-15-12(16-8-11)10-5-3-2-4-6-10/h2-9H,1H3,(H,17,18). The molecule has 1 atom stereocenters. The summed E-state index contributed by atoms with van der Waals surface area (Å²) in [6, 6.07) is 9.68. The van der Waals surface area contributed by atoms with Gasteiger partial charge < -0.3 is 5.32 Å². The number of benzene rings is 1. The molecule has 0 aliphatic carbocycles. The molecule has 18 heavy (non-hydrogen) atoms. The van der Waals surface area contributed by atoms with Crippen molar-refractivity contribution in [3.63, 3.8) is 0 Å². The number of alkyl halides is 1. The smallest absolute Gasteiger partial charge is 0.237 e. The summed E-state index contributed by atoms with van der Waals surface area (Å²) in [7, 11) is 0. The molecule has 1 unspecified atom stereocenters. The van der Waals surface area contributed by atoms with Crippen LogP contribution in [0.5, 0.6) is 0 Å². The van der Waals surface area contributed by atoms with E-state index in [0.29, 0.717) is 11.5 Å². The molecule has 0 aliphatic heterocycles. The first-order valence-corrected chi connectivity index (χ1v) is 6.41. The highest BCUT2D eigenvalue weighted by Gasteiger charge is 2.09. The molecule has 2 aromatic rings. The molecule has 0 spiro atoms. The topological polar surface area (TPSA) is 54.9 Å². The molecule has 92 valence electrons. The van der Waals surface area contributed by atoms with Gasteiger partial charge in [0.1, 0.15) is 0 Å². The lowest BCUT2D eigenvalue weighted by molar-refractivity contribution is -0.115. The molecule has 0 saturated carbocycles. The summed E-state index contributed by atoms with van der Waals surface area (Å²) in [5.41, 5.74) is 1.54. The predicted octanol–water partition coefficient (Wildman–Crippen LogP) is 2.87. The monoisotopic (exact) mass is 305 g/mol. The van der Waals surface area contributed by atoms with Crippen LogP contribution in [0.2, 0.25) is 0 Å². The number of rotatable bonds is 3. The molecular weight excluding hydrogens is 294 g/mol. The van der Waals surface area contributed by atoms with Gasteiger partial charge in [0.25, 0.3) is 0 Å². The normalized spacial score (nSPS) is 11.9. The van der Waals surface area contributed by atoms with Gasteiger partial charge in [-0.15, -0.1) is 0 Å². The van der Waals surface area contributed by atoms with Gasteiger partial charge in [0, 0.05) is 5.56 Å². The lowest BCUT2D eigenvalue weighted by atomic mass is 10.2. The van der Waals surface area contributed by atoms with Crippen LogP contribution in [0.25, 0.3) is 11.4 Å². The fourth-order valence-electron chi connectivity index (χ4n) is 1.37. The summed E-state index contributed by atoms with van der Waals surface area (Å²) >= 11 is 3.20. The van der Waals surface area contributed by atoms with E-state index in [1.165, 1.54) is 0 Å². The van der Waals surface area contributed by atoms with E-state index in [-0.39, 0.29) is 10.7 Å². The highest BCUT2D eigenvalue weighted by molar-refractivity contribution is 9.10. The van der Waals surface area contributed by atoms with E-state index in [1.807, 2.05) is 30.3 Å². The molecule has 4 nitrogen and oxygen atoms in total. The van der Waals surface area contributed by atoms with E-state index in [9.17, 15) is 4.79 Å². The van der Waals surface area contributed by atoms with Crippen LogP contribution in [0.3, 0.4) is 0 Å². The Morgan fingerprint density at radius 2 is 1.83 bits per heavy atom. The Kier molecular flexibility index (Phi) is 4.04. The van der Waals surface area contributed by atoms with Crippen molar-refractivity contribution in [3.05, 3.63) is 42.7 Å². The van der Waals surface area contributed by atoms with Crippen LogP contribution in [-0.4, -0.2) is 20.7 Å². The molecule has 0 fully saturated rings. The van der Waals surface area contributed by atoms with Gasteiger partial charge in [-0.1, -0.05) is 46.3 Å². The first-order chi connectivity index (χ1) is 8.66. The van der Waals surface area contributed by atoms with Crippen LogP contribution in [-0.2, 0) is 4.79 Å². The summed E-state index contributed by atoms with van der Waals surface area (Å²) in [6.07, 6.45) is 3.20. The number of nitrogens with zero attached hydrogens (tertiary/aromatic N) is 2. The molecule has 1 aromatic carbocycles. The van der Waals surface area contributed by atoms with Crippen LogP contribution in [0, 0.1) is 0 Å². The third-order valence-corrected chi connectivity index (χ3v) is 2.73. The van der Waals surface area contributed by atoms with Gasteiger partial charge >= 0.3 is 0 Å². The third kappa shape index (κ3) is 3.13.